The van der Waals surface area contributed by atoms with Crippen LogP contribution in [0.4, 0.5) is 0 Å². The lowest BCUT2D eigenvalue weighted by Gasteiger charge is -2.43. The van der Waals surface area contributed by atoms with Gasteiger partial charge in [-0.25, -0.2) is 0 Å². The molecule has 4 rings (SSSR count). The molecule has 1 fully saturated rings. The number of aromatic nitrogens is 1. The van der Waals surface area contributed by atoms with Crippen LogP contribution < -0.4 is 5.56 Å². The molecule has 2 atom stereocenters. The van der Waals surface area contributed by atoms with Gasteiger partial charge in [-0.15, -0.1) is 0 Å². The number of nitrogens with one attached hydrogen (secondary N) is 1. The Hall–Kier alpha value is -2.44. The van der Waals surface area contributed by atoms with E-state index in [0.717, 1.165) is 0 Å². The highest BCUT2D eigenvalue weighted by atomic mass is 16.3. The molecule has 148 valence electrons. The maximum atomic E-state index is 12.9. The molecule has 2 aliphatic rings. The number of hydrogen-bond donors (Lipinski definition) is 2. The van der Waals surface area contributed by atoms with E-state index in [1.54, 1.807) is 17.9 Å². The van der Waals surface area contributed by atoms with Gasteiger partial charge >= 0.3 is 0 Å². The van der Waals surface area contributed by atoms with Crippen molar-refractivity contribution >= 4 is 5.91 Å². The number of carbonyl (C=O) groups excluding carboxylic acids is 1. The van der Waals surface area contributed by atoms with Crippen molar-refractivity contribution in [3.05, 3.63) is 69.1 Å². The summed E-state index contributed by atoms with van der Waals surface area (Å²) in [4.78, 5) is 31.2. The molecular formula is C22H27N3O3. The lowest BCUT2D eigenvalue weighted by atomic mass is 9.72. The van der Waals surface area contributed by atoms with Gasteiger partial charge in [0.2, 0.25) is 5.56 Å². The molecular weight excluding hydrogens is 354 g/mol. The molecule has 6 nitrogen and oxygen atoms in total. The van der Waals surface area contributed by atoms with Gasteiger partial charge in [0.1, 0.15) is 0 Å². The topological polar surface area (TPSA) is 76.6 Å². The Kier molecular flexibility index (Phi) is 4.63. The van der Waals surface area contributed by atoms with Crippen molar-refractivity contribution in [1.29, 1.82) is 0 Å². The molecule has 1 aromatic heterocycles. The summed E-state index contributed by atoms with van der Waals surface area (Å²) in [5.74, 6) is -0.117. The van der Waals surface area contributed by atoms with E-state index >= 15 is 0 Å². The Balaban J connectivity index is 1.60. The summed E-state index contributed by atoms with van der Waals surface area (Å²) in [7, 11) is 4.00. The summed E-state index contributed by atoms with van der Waals surface area (Å²) >= 11 is 0. The van der Waals surface area contributed by atoms with Crippen LogP contribution in [0.3, 0.4) is 0 Å². The number of rotatable bonds is 2. The van der Waals surface area contributed by atoms with E-state index in [1.165, 1.54) is 17.2 Å². The fourth-order valence-corrected chi connectivity index (χ4v) is 5.06. The van der Waals surface area contributed by atoms with Crippen LogP contribution in [-0.2, 0) is 5.41 Å². The minimum absolute atomic E-state index is 0.0335. The molecule has 1 spiro atoms. The zero-order valence-electron chi connectivity index (χ0n) is 16.6. The van der Waals surface area contributed by atoms with Gasteiger partial charge < -0.3 is 19.9 Å². The largest absolute Gasteiger partial charge is 0.390 e. The van der Waals surface area contributed by atoms with Crippen molar-refractivity contribution in [3.63, 3.8) is 0 Å². The predicted octanol–water partition coefficient (Wildman–Crippen LogP) is 1.83. The maximum absolute atomic E-state index is 12.9. The Morgan fingerprint density at radius 3 is 2.54 bits per heavy atom. The highest BCUT2D eigenvalue weighted by Crippen LogP contribution is 2.52. The van der Waals surface area contributed by atoms with Crippen molar-refractivity contribution in [1.82, 2.24) is 14.8 Å². The standard InChI is InChI=1S/C22H27N3O3/c1-14-12-15(13-18(26)23-14)21(28)25-10-8-22(9-11-25)17-7-5-4-6-16(17)19(20(22)27)24(2)3/h4-7,12-13,19-20,27H,8-11H2,1-3H3,(H,23,26)/t19-,20+/m0/s1. The van der Waals surface area contributed by atoms with E-state index in [1.807, 2.05) is 26.2 Å². The highest BCUT2D eigenvalue weighted by molar-refractivity contribution is 5.94. The van der Waals surface area contributed by atoms with Crippen LogP contribution in [0.25, 0.3) is 0 Å². The minimum atomic E-state index is -0.501. The fraction of sp³-hybridized carbons (Fsp3) is 0.455. The molecule has 0 unspecified atom stereocenters. The summed E-state index contributed by atoms with van der Waals surface area (Å²) in [6, 6.07) is 11.3. The first-order chi connectivity index (χ1) is 13.3. The van der Waals surface area contributed by atoms with Gasteiger partial charge in [0.25, 0.3) is 5.91 Å². The number of aryl methyl sites for hydroxylation is 1. The summed E-state index contributed by atoms with van der Waals surface area (Å²) < 4.78 is 0. The summed E-state index contributed by atoms with van der Waals surface area (Å²) in [5, 5.41) is 11.3. The average Bonchev–Trinajstić information content (AvgIpc) is 2.90. The summed E-state index contributed by atoms with van der Waals surface area (Å²) in [6.45, 7) is 2.91. The van der Waals surface area contributed by atoms with E-state index in [4.69, 9.17) is 0 Å². The van der Waals surface area contributed by atoms with Crippen molar-refractivity contribution < 1.29 is 9.90 Å². The smallest absolute Gasteiger partial charge is 0.254 e. The summed E-state index contributed by atoms with van der Waals surface area (Å²) in [6.07, 6.45) is 0.923. The maximum Gasteiger partial charge on any atom is 0.254 e. The van der Waals surface area contributed by atoms with Crippen molar-refractivity contribution in [2.45, 2.75) is 37.3 Å². The minimum Gasteiger partial charge on any atom is -0.390 e. The second kappa shape index (κ2) is 6.87. The molecule has 1 aliphatic carbocycles. The van der Waals surface area contributed by atoms with Crippen LogP contribution in [0.5, 0.6) is 0 Å². The molecule has 6 heteroatoms. The number of aliphatic hydroxyl groups excluding tert-OH is 1. The van der Waals surface area contributed by atoms with Gasteiger partial charge in [0.15, 0.2) is 0 Å². The molecule has 0 radical (unpaired) electrons. The number of aliphatic hydroxyl groups is 1. The zero-order valence-corrected chi connectivity index (χ0v) is 16.6. The lowest BCUT2D eigenvalue weighted by molar-refractivity contribution is -0.00145. The second-order valence-corrected chi connectivity index (χ2v) is 8.31. The van der Waals surface area contributed by atoms with Gasteiger partial charge in [-0.2, -0.15) is 0 Å². The van der Waals surface area contributed by atoms with E-state index in [2.05, 4.69) is 22.0 Å². The Labute approximate surface area is 164 Å². The third-order valence-electron chi connectivity index (χ3n) is 6.41. The number of likely N-dealkylation sites (tertiary alicyclic amines) is 1. The molecule has 1 aliphatic heterocycles. The molecule has 2 N–H and O–H groups in total. The molecule has 1 aromatic carbocycles. The monoisotopic (exact) mass is 381 g/mol. The SMILES string of the molecule is Cc1cc(C(=O)N2CCC3(CC2)c2ccccc2[C@H](N(C)C)[C@H]3O)cc(=O)[nH]1. The number of benzene rings is 1. The Morgan fingerprint density at radius 2 is 1.89 bits per heavy atom. The van der Waals surface area contributed by atoms with Crippen LogP contribution in [0.2, 0.25) is 0 Å². The molecule has 0 saturated carbocycles. The van der Waals surface area contributed by atoms with Crippen LogP contribution in [-0.4, -0.2) is 59.1 Å². The summed E-state index contributed by atoms with van der Waals surface area (Å²) in [5.41, 5.74) is 2.91. The first-order valence-electron chi connectivity index (χ1n) is 9.77. The van der Waals surface area contributed by atoms with E-state index in [-0.39, 0.29) is 22.9 Å². The molecule has 28 heavy (non-hydrogen) atoms. The van der Waals surface area contributed by atoms with Crippen LogP contribution in [0.15, 0.2) is 41.2 Å². The van der Waals surface area contributed by atoms with Gasteiger partial charge in [-0.05, 0) is 51.1 Å². The first-order valence-corrected chi connectivity index (χ1v) is 9.77. The number of aromatic amines is 1. The van der Waals surface area contributed by atoms with E-state index < -0.39 is 6.10 Å². The lowest BCUT2D eigenvalue weighted by Crippen LogP contribution is -2.50. The molecule has 0 bridgehead atoms. The Bertz CT molecular complexity index is 957. The average molecular weight is 381 g/mol. The van der Waals surface area contributed by atoms with E-state index in [9.17, 15) is 14.7 Å². The molecule has 1 amide bonds. The first kappa shape index (κ1) is 18.9. The van der Waals surface area contributed by atoms with Gasteiger partial charge in [-0.1, -0.05) is 24.3 Å². The number of amides is 1. The number of fused-ring (bicyclic) bond motifs is 2. The van der Waals surface area contributed by atoms with Gasteiger partial charge in [0, 0.05) is 35.8 Å². The second-order valence-electron chi connectivity index (χ2n) is 8.31. The number of nitrogens with zero attached hydrogens (tertiary/aromatic N) is 2. The highest BCUT2D eigenvalue weighted by Gasteiger charge is 2.53. The number of H-pyrrole nitrogens is 1. The van der Waals surface area contributed by atoms with E-state index in [0.29, 0.717) is 37.2 Å². The number of hydrogen-bond acceptors (Lipinski definition) is 4. The normalized spacial score (nSPS) is 23.2. The fourth-order valence-electron chi connectivity index (χ4n) is 5.06. The number of likely N-dealkylation sites (N-methyl/N-ethyl adjacent to an activating group) is 1. The molecule has 1 saturated heterocycles. The van der Waals surface area contributed by atoms with Crippen LogP contribution in [0.1, 0.15) is 46.1 Å². The van der Waals surface area contributed by atoms with Crippen molar-refractivity contribution in [2.75, 3.05) is 27.2 Å². The quantitative estimate of drug-likeness (QED) is 0.832. The van der Waals surface area contributed by atoms with Crippen LogP contribution >= 0.6 is 0 Å². The zero-order chi connectivity index (χ0) is 20.1. The third kappa shape index (κ3) is 2.88. The number of piperidine rings is 1. The predicted molar refractivity (Wildman–Crippen MR) is 107 cm³/mol. The van der Waals surface area contributed by atoms with Gasteiger partial charge in [0.05, 0.1) is 12.1 Å². The van der Waals surface area contributed by atoms with Crippen molar-refractivity contribution in [2.24, 2.45) is 0 Å². The number of pyridine rings is 1. The third-order valence-corrected chi connectivity index (χ3v) is 6.41. The van der Waals surface area contributed by atoms with Crippen molar-refractivity contribution in [3.8, 4) is 0 Å². The van der Waals surface area contributed by atoms with Gasteiger partial charge in [-0.3, -0.25) is 9.59 Å². The Morgan fingerprint density at radius 1 is 1.21 bits per heavy atom. The van der Waals surface area contributed by atoms with Crippen LogP contribution in [0, 0.1) is 6.92 Å². The molecule has 2 heterocycles. The molecule has 2 aromatic rings. The number of carbonyl (C=O) groups is 1.